The molecular formula is C13H19BrN2S. The van der Waals surface area contributed by atoms with Crippen molar-refractivity contribution in [3.8, 4) is 0 Å². The molecule has 0 spiro atoms. The fraction of sp³-hybridized carbons (Fsp3) is 0.692. The van der Waals surface area contributed by atoms with Crippen LogP contribution in [0.2, 0.25) is 0 Å². The number of rotatable bonds is 2. The van der Waals surface area contributed by atoms with Crippen LogP contribution in [0.15, 0.2) is 15.9 Å². The maximum absolute atomic E-state index is 3.55. The normalized spacial score (nSPS) is 27.0. The van der Waals surface area contributed by atoms with Gasteiger partial charge in [0.05, 0.1) is 3.79 Å². The smallest absolute Gasteiger partial charge is 0.0701 e. The highest BCUT2D eigenvalue weighted by molar-refractivity contribution is 9.11. The Morgan fingerprint density at radius 3 is 2.94 bits per heavy atom. The molecule has 0 saturated carbocycles. The summed E-state index contributed by atoms with van der Waals surface area (Å²) in [7, 11) is 0. The summed E-state index contributed by atoms with van der Waals surface area (Å²) in [6, 6.07) is 5.26. The van der Waals surface area contributed by atoms with Gasteiger partial charge in [0.1, 0.15) is 0 Å². The summed E-state index contributed by atoms with van der Waals surface area (Å²) in [6.45, 7) is 6.33. The van der Waals surface area contributed by atoms with Gasteiger partial charge in [-0.15, -0.1) is 11.3 Å². The van der Waals surface area contributed by atoms with E-state index in [4.69, 9.17) is 0 Å². The summed E-state index contributed by atoms with van der Waals surface area (Å²) in [5.41, 5.74) is 0. The van der Waals surface area contributed by atoms with Crippen LogP contribution >= 0.6 is 27.3 Å². The van der Waals surface area contributed by atoms with Crippen molar-refractivity contribution >= 4 is 27.3 Å². The Kier molecular flexibility index (Phi) is 3.85. The highest BCUT2D eigenvalue weighted by Gasteiger charge is 2.28. The zero-order valence-corrected chi connectivity index (χ0v) is 12.5. The van der Waals surface area contributed by atoms with E-state index in [-0.39, 0.29) is 0 Å². The molecule has 0 amide bonds. The number of hydrogen-bond donors (Lipinski definition) is 0. The van der Waals surface area contributed by atoms with E-state index in [0.717, 1.165) is 12.6 Å². The monoisotopic (exact) mass is 314 g/mol. The molecule has 0 aliphatic carbocycles. The maximum atomic E-state index is 3.55. The van der Waals surface area contributed by atoms with E-state index in [1.807, 2.05) is 11.3 Å². The van der Waals surface area contributed by atoms with Crippen LogP contribution in [0.3, 0.4) is 0 Å². The van der Waals surface area contributed by atoms with E-state index < -0.39 is 0 Å². The molecule has 3 rings (SSSR count). The van der Waals surface area contributed by atoms with Crippen molar-refractivity contribution in [1.82, 2.24) is 9.80 Å². The molecule has 2 saturated heterocycles. The maximum Gasteiger partial charge on any atom is 0.0701 e. The number of halogens is 1. The Morgan fingerprint density at radius 2 is 2.12 bits per heavy atom. The van der Waals surface area contributed by atoms with Crippen molar-refractivity contribution in [2.75, 3.05) is 26.2 Å². The van der Waals surface area contributed by atoms with Gasteiger partial charge >= 0.3 is 0 Å². The minimum absolute atomic E-state index is 0.834. The van der Waals surface area contributed by atoms with Crippen molar-refractivity contribution in [3.05, 3.63) is 20.8 Å². The number of nitrogens with zero attached hydrogens (tertiary/aromatic N) is 2. The van der Waals surface area contributed by atoms with E-state index in [9.17, 15) is 0 Å². The van der Waals surface area contributed by atoms with Gasteiger partial charge in [-0.2, -0.15) is 0 Å². The lowest BCUT2D eigenvalue weighted by Gasteiger charge is -2.25. The van der Waals surface area contributed by atoms with E-state index in [0.29, 0.717) is 0 Å². The molecule has 0 radical (unpaired) electrons. The van der Waals surface area contributed by atoms with Gasteiger partial charge in [0.2, 0.25) is 0 Å². The minimum Gasteiger partial charge on any atom is -0.299 e. The van der Waals surface area contributed by atoms with Crippen molar-refractivity contribution in [1.29, 1.82) is 0 Å². The zero-order chi connectivity index (χ0) is 11.7. The van der Waals surface area contributed by atoms with Crippen LogP contribution in [0, 0.1) is 0 Å². The fourth-order valence-electron chi connectivity index (χ4n) is 3.08. The molecule has 1 atom stereocenters. The number of fused-ring (bicyclic) bond motifs is 1. The van der Waals surface area contributed by atoms with Gasteiger partial charge in [-0.3, -0.25) is 9.80 Å². The zero-order valence-electron chi connectivity index (χ0n) is 10.1. The molecule has 4 heteroatoms. The second kappa shape index (κ2) is 5.39. The lowest BCUT2D eigenvalue weighted by Crippen LogP contribution is -2.36. The molecule has 2 aliphatic heterocycles. The molecule has 94 valence electrons. The molecule has 1 aromatic rings. The number of hydrogen-bond acceptors (Lipinski definition) is 3. The van der Waals surface area contributed by atoms with Crippen molar-refractivity contribution in [2.24, 2.45) is 0 Å². The minimum atomic E-state index is 0.834. The van der Waals surface area contributed by atoms with Gasteiger partial charge in [-0.1, -0.05) is 0 Å². The summed E-state index contributed by atoms with van der Waals surface area (Å²) < 4.78 is 1.25. The van der Waals surface area contributed by atoms with Crippen LogP contribution in [0.1, 0.15) is 24.1 Å². The fourth-order valence-corrected chi connectivity index (χ4v) is 4.61. The lowest BCUT2D eigenvalue weighted by atomic mass is 10.2. The predicted octanol–water partition coefficient (Wildman–Crippen LogP) is 3.18. The van der Waals surface area contributed by atoms with E-state index >= 15 is 0 Å². The molecule has 3 heterocycles. The molecule has 0 bridgehead atoms. The van der Waals surface area contributed by atoms with Crippen LogP contribution in [-0.4, -0.2) is 42.0 Å². The van der Waals surface area contributed by atoms with Gasteiger partial charge in [0.25, 0.3) is 0 Å². The van der Waals surface area contributed by atoms with E-state index in [1.54, 1.807) is 0 Å². The van der Waals surface area contributed by atoms with Crippen LogP contribution in [0.25, 0.3) is 0 Å². The Balaban J connectivity index is 1.63. The Bertz CT molecular complexity index is 379. The molecule has 1 aromatic heterocycles. The van der Waals surface area contributed by atoms with Crippen LogP contribution in [0.5, 0.6) is 0 Å². The van der Waals surface area contributed by atoms with Gasteiger partial charge < -0.3 is 0 Å². The Hall–Kier alpha value is 0.1000. The van der Waals surface area contributed by atoms with Crippen LogP contribution in [-0.2, 0) is 6.54 Å². The standard InChI is InChI=1S/C13H19BrN2S/c14-13-5-4-12(17-13)10-15-6-2-8-16-7-1-3-11(16)9-15/h4-5,11H,1-3,6-10H2. The second-order valence-corrected chi connectivity index (χ2v) is 7.67. The average molecular weight is 315 g/mol. The van der Waals surface area contributed by atoms with Crippen LogP contribution in [0.4, 0.5) is 0 Å². The summed E-state index contributed by atoms with van der Waals surface area (Å²) in [4.78, 5) is 6.84. The molecule has 17 heavy (non-hydrogen) atoms. The quantitative estimate of drug-likeness (QED) is 0.827. The van der Waals surface area contributed by atoms with Crippen molar-refractivity contribution in [2.45, 2.75) is 31.8 Å². The van der Waals surface area contributed by atoms with Gasteiger partial charge in [0, 0.05) is 24.0 Å². The van der Waals surface area contributed by atoms with Crippen molar-refractivity contribution < 1.29 is 0 Å². The molecule has 2 fully saturated rings. The predicted molar refractivity (Wildman–Crippen MR) is 76.5 cm³/mol. The second-order valence-electron chi connectivity index (χ2n) is 5.13. The molecular weight excluding hydrogens is 296 g/mol. The summed E-state index contributed by atoms with van der Waals surface area (Å²) in [6.07, 6.45) is 4.15. The first-order valence-corrected chi connectivity index (χ1v) is 8.13. The van der Waals surface area contributed by atoms with Gasteiger partial charge in [-0.25, -0.2) is 0 Å². The third kappa shape index (κ3) is 2.92. The largest absolute Gasteiger partial charge is 0.299 e. The number of thiophene rings is 1. The molecule has 2 aliphatic rings. The average Bonchev–Trinajstić information content (AvgIpc) is 2.85. The molecule has 2 nitrogen and oxygen atoms in total. The topological polar surface area (TPSA) is 6.48 Å². The van der Waals surface area contributed by atoms with Gasteiger partial charge in [-0.05, 0) is 67.0 Å². The Labute approximate surface area is 116 Å². The first-order chi connectivity index (χ1) is 8.31. The molecule has 1 unspecified atom stereocenters. The highest BCUT2D eigenvalue weighted by Crippen LogP contribution is 2.26. The Morgan fingerprint density at radius 1 is 1.24 bits per heavy atom. The summed E-state index contributed by atoms with van der Waals surface area (Å²) >= 11 is 5.42. The lowest BCUT2D eigenvalue weighted by molar-refractivity contribution is 0.216. The third-order valence-corrected chi connectivity index (χ3v) is 5.50. The summed E-state index contributed by atoms with van der Waals surface area (Å²) in [5.74, 6) is 0. The third-order valence-electron chi connectivity index (χ3n) is 3.90. The molecule has 0 N–H and O–H groups in total. The SMILES string of the molecule is Brc1ccc(CN2CCCN3CCCC3C2)s1. The van der Waals surface area contributed by atoms with E-state index in [1.165, 1.54) is 54.1 Å². The van der Waals surface area contributed by atoms with E-state index in [2.05, 4.69) is 37.9 Å². The highest BCUT2D eigenvalue weighted by atomic mass is 79.9. The first-order valence-electron chi connectivity index (χ1n) is 6.52. The molecule has 0 aromatic carbocycles. The van der Waals surface area contributed by atoms with Crippen molar-refractivity contribution in [3.63, 3.8) is 0 Å². The van der Waals surface area contributed by atoms with Crippen LogP contribution < -0.4 is 0 Å². The van der Waals surface area contributed by atoms with Gasteiger partial charge in [0.15, 0.2) is 0 Å². The first kappa shape index (κ1) is 12.2. The summed E-state index contributed by atoms with van der Waals surface area (Å²) in [5, 5.41) is 0.